The van der Waals surface area contributed by atoms with Crippen LogP contribution in [0, 0.1) is 0 Å². The van der Waals surface area contributed by atoms with Gasteiger partial charge in [0.15, 0.2) is 5.58 Å². The summed E-state index contributed by atoms with van der Waals surface area (Å²) in [5.74, 6) is 0. The molecule has 354 valence electrons. The lowest BCUT2D eigenvalue weighted by Gasteiger charge is -2.38. The highest BCUT2D eigenvalue weighted by atomic mass is 16.3. The molecule has 0 N–H and O–H groups in total. The second-order valence-electron chi connectivity index (χ2n) is 20.5. The van der Waals surface area contributed by atoms with E-state index in [-0.39, 0.29) is 0 Å². The predicted octanol–water partition coefficient (Wildman–Crippen LogP) is 19.1. The molecule has 0 unspecified atom stereocenters. The Balaban J connectivity index is 1.04. The van der Waals surface area contributed by atoms with Crippen LogP contribution in [0.1, 0.15) is 44.5 Å². The summed E-state index contributed by atoms with van der Waals surface area (Å²) in [7, 11) is 0. The van der Waals surface area contributed by atoms with Crippen LogP contribution in [0.15, 0.2) is 290 Å². The van der Waals surface area contributed by atoms with Gasteiger partial charge in [0.2, 0.25) is 0 Å². The maximum absolute atomic E-state index is 7.09. The number of hydrogen-bond acceptors (Lipinski definition) is 2. The quantitative estimate of drug-likeness (QED) is 0.158. The maximum Gasteiger partial charge on any atom is 0.159 e. The molecule has 3 aliphatic rings. The highest BCUT2D eigenvalue weighted by molar-refractivity contribution is 6.12. The van der Waals surface area contributed by atoms with Gasteiger partial charge in [-0.05, 0) is 125 Å². The SMILES string of the molecule is c1ccc(-c2ccccc2C2(c3ccccc3-c3ccccc3)c3ccccc3-c3ccc(N(c4cccc5c4-c4ccccc4C54c5ccccc5-c5ccccc54)c4cccc5c4oc4ccccc45)cc32)cc1. The number of hydrogen-bond donors (Lipinski definition) is 0. The molecule has 0 bridgehead atoms. The van der Waals surface area contributed by atoms with Crippen molar-refractivity contribution < 1.29 is 4.42 Å². The third-order valence-electron chi connectivity index (χ3n) is 17.0. The second-order valence-corrected chi connectivity index (χ2v) is 20.5. The average molecular weight is 966 g/mol. The van der Waals surface area contributed by atoms with Gasteiger partial charge in [-0.3, -0.25) is 0 Å². The summed E-state index contributed by atoms with van der Waals surface area (Å²) in [6.45, 7) is 0. The van der Waals surface area contributed by atoms with Crippen LogP contribution in [-0.4, -0.2) is 0 Å². The lowest BCUT2D eigenvalue weighted by Crippen LogP contribution is -2.30. The van der Waals surface area contributed by atoms with Gasteiger partial charge in [-0.25, -0.2) is 0 Å². The Morgan fingerprint density at radius 1 is 0.263 bits per heavy atom. The van der Waals surface area contributed by atoms with Crippen LogP contribution in [0.5, 0.6) is 0 Å². The minimum absolute atomic E-state index is 0.525. The van der Waals surface area contributed by atoms with E-state index < -0.39 is 10.8 Å². The predicted molar refractivity (Wildman–Crippen MR) is 313 cm³/mol. The Kier molecular flexibility index (Phi) is 9.20. The Hall–Kier alpha value is -9.76. The number of fused-ring (bicyclic) bond motifs is 16. The molecule has 0 saturated heterocycles. The molecule has 2 nitrogen and oxygen atoms in total. The summed E-state index contributed by atoms with van der Waals surface area (Å²) in [6, 6.07) is 106. The van der Waals surface area contributed by atoms with Gasteiger partial charge in [-0.1, -0.05) is 255 Å². The fourth-order valence-electron chi connectivity index (χ4n) is 14.1. The Morgan fingerprint density at radius 3 is 1.24 bits per heavy atom. The zero-order chi connectivity index (χ0) is 50.0. The normalized spacial score (nSPS) is 13.7. The molecule has 0 fully saturated rings. The third-order valence-corrected chi connectivity index (χ3v) is 17.0. The molecule has 0 amide bonds. The molecule has 0 radical (unpaired) electrons. The largest absolute Gasteiger partial charge is 0.454 e. The smallest absolute Gasteiger partial charge is 0.159 e. The first kappa shape index (κ1) is 42.7. The molecule has 0 saturated carbocycles. The van der Waals surface area contributed by atoms with Crippen molar-refractivity contribution in [3.05, 3.63) is 330 Å². The van der Waals surface area contributed by atoms with Gasteiger partial charge in [0.25, 0.3) is 0 Å². The zero-order valence-electron chi connectivity index (χ0n) is 41.5. The summed E-state index contributed by atoms with van der Waals surface area (Å²) < 4.78 is 7.09. The fourth-order valence-corrected chi connectivity index (χ4v) is 14.1. The average Bonchev–Trinajstić information content (AvgIpc) is 4.41. The van der Waals surface area contributed by atoms with Crippen molar-refractivity contribution in [1.82, 2.24) is 0 Å². The highest BCUT2D eigenvalue weighted by Gasteiger charge is 2.53. The van der Waals surface area contributed by atoms with Crippen molar-refractivity contribution in [2.75, 3.05) is 4.90 Å². The van der Waals surface area contributed by atoms with E-state index >= 15 is 0 Å². The number of anilines is 3. The van der Waals surface area contributed by atoms with E-state index in [4.69, 9.17) is 4.42 Å². The number of benzene rings is 12. The summed E-state index contributed by atoms with van der Waals surface area (Å²) in [5.41, 5.74) is 25.9. The molecule has 3 aliphatic carbocycles. The summed E-state index contributed by atoms with van der Waals surface area (Å²) in [4.78, 5) is 2.52. The number of nitrogens with zero attached hydrogens (tertiary/aromatic N) is 1. The van der Waals surface area contributed by atoms with Crippen LogP contribution in [0.3, 0.4) is 0 Å². The summed E-state index contributed by atoms with van der Waals surface area (Å²) in [5, 5.41) is 2.18. The highest BCUT2D eigenvalue weighted by Crippen LogP contribution is 2.66. The van der Waals surface area contributed by atoms with E-state index in [9.17, 15) is 0 Å². The zero-order valence-corrected chi connectivity index (χ0v) is 41.5. The first-order valence-corrected chi connectivity index (χ1v) is 26.4. The molecule has 0 aliphatic heterocycles. The van der Waals surface area contributed by atoms with Gasteiger partial charge in [-0.15, -0.1) is 0 Å². The molecule has 13 aromatic rings. The summed E-state index contributed by atoms with van der Waals surface area (Å²) >= 11 is 0. The molecule has 76 heavy (non-hydrogen) atoms. The Bertz CT molecular complexity index is 4360. The molecule has 0 atom stereocenters. The van der Waals surface area contributed by atoms with Crippen molar-refractivity contribution in [3.8, 4) is 55.6 Å². The van der Waals surface area contributed by atoms with E-state index in [1.54, 1.807) is 0 Å². The number of rotatable bonds is 7. The van der Waals surface area contributed by atoms with E-state index in [0.717, 1.165) is 39.0 Å². The van der Waals surface area contributed by atoms with Gasteiger partial charge in [0.1, 0.15) is 5.58 Å². The molecule has 2 heteroatoms. The van der Waals surface area contributed by atoms with Gasteiger partial charge < -0.3 is 9.32 Å². The molecular weight excluding hydrogens is 919 g/mol. The maximum atomic E-state index is 7.09. The van der Waals surface area contributed by atoms with Crippen LogP contribution < -0.4 is 4.90 Å². The molecule has 1 aromatic heterocycles. The van der Waals surface area contributed by atoms with E-state index in [2.05, 4.69) is 290 Å². The standard InChI is InChI=1S/C74H47NO/c1-3-23-48(24-4-1)51-27-7-14-35-60(51)74(61-36-15-8-28-52(61)49-25-5-2-6-26-49)64-39-18-11-31-55(64)56-46-45-50(47-67(56)74)75(69-43-21-34-58-57-32-13-20-44-70(57)76-72(58)69)68-42-22-41-66-71(68)59-33-12-19-40-65(59)73(66)62-37-16-9-29-53(62)54-30-10-17-38-63(54)73/h1-47H. The van der Waals surface area contributed by atoms with Crippen LogP contribution in [0.4, 0.5) is 17.1 Å². The Labute approximate surface area is 442 Å². The minimum atomic E-state index is -0.773. The van der Waals surface area contributed by atoms with Crippen LogP contribution in [-0.2, 0) is 10.8 Å². The summed E-state index contributed by atoms with van der Waals surface area (Å²) in [6.07, 6.45) is 0. The monoisotopic (exact) mass is 965 g/mol. The first-order chi connectivity index (χ1) is 37.7. The van der Waals surface area contributed by atoms with Gasteiger partial charge in [0, 0.05) is 22.0 Å². The number of furan rings is 1. The van der Waals surface area contributed by atoms with E-state index in [1.807, 2.05) is 0 Å². The van der Waals surface area contributed by atoms with Crippen molar-refractivity contribution in [3.63, 3.8) is 0 Å². The van der Waals surface area contributed by atoms with Crippen molar-refractivity contribution >= 4 is 39.0 Å². The third kappa shape index (κ3) is 5.70. The van der Waals surface area contributed by atoms with Crippen molar-refractivity contribution in [2.24, 2.45) is 0 Å². The van der Waals surface area contributed by atoms with Crippen molar-refractivity contribution in [1.29, 1.82) is 0 Å². The van der Waals surface area contributed by atoms with E-state index in [1.165, 1.54) is 100 Å². The molecule has 1 spiro atoms. The van der Waals surface area contributed by atoms with Crippen molar-refractivity contribution in [2.45, 2.75) is 10.8 Å². The Morgan fingerprint density at radius 2 is 0.658 bits per heavy atom. The first-order valence-electron chi connectivity index (χ1n) is 26.4. The lowest BCUT2D eigenvalue weighted by molar-refractivity contribution is 0.669. The molecule has 1 heterocycles. The van der Waals surface area contributed by atoms with Gasteiger partial charge in [-0.2, -0.15) is 0 Å². The van der Waals surface area contributed by atoms with Gasteiger partial charge in [0.05, 0.1) is 22.2 Å². The number of para-hydroxylation sites is 2. The van der Waals surface area contributed by atoms with Crippen LogP contribution in [0.2, 0.25) is 0 Å². The van der Waals surface area contributed by atoms with Crippen LogP contribution >= 0.6 is 0 Å². The molecule has 12 aromatic carbocycles. The topological polar surface area (TPSA) is 16.4 Å². The second kappa shape index (κ2) is 16.4. The molecular formula is C74H47NO. The molecule has 16 rings (SSSR count). The van der Waals surface area contributed by atoms with Crippen LogP contribution in [0.25, 0.3) is 77.6 Å². The lowest BCUT2D eigenvalue weighted by atomic mass is 9.64. The fraction of sp³-hybridized carbons (Fsp3) is 0.0270. The van der Waals surface area contributed by atoms with Gasteiger partial charge >= 0.3 is 0 Å². The van der Waals surface area contributed by atoms with E-state index in [0.29, 0.717) is 0 Å². The minimum Gasteiger partial charge on any atom is -0.454 e.